The summed E-state index contributed by atoms with van der Waals surface area (Å²) in [5.41, 5.74) is 3.37. The Labute approximate surface area is 214 Å². The number of aryl methyl sites for hydroxylation is 1. The van der Waals surface area contributed by atoms with Gasteiger partial charge in [0.05, 0.1) is 19.8 Å². The first-order valence-electron chi connectivity index (χ1n) is 11.2. The molecule has 0 spiro atoms. The number of rotatable bonds is 10. The third kappa shape index (κ3) is 8.63. The molecule has 1 aromatic heterocycles. The quantitative estimate of drug-likeness (QED) is 0.197. The number of hydrogen-bond acceptors (Lipinski definition) is 6. The van der Waals surface area contributed by atoms with Crippen LogP contribution in [0.4, 0.5) is 5.82 Å². The second-order valence-corrected chi connectivity index (χ2v) is 7.52. The fourth-order valence-corrected chi connectivity index (χ4v) is 3.50. The average molecular weight is 569 g/mol. The van der Waals surface area contributed by atoms with Gasteiger partial charge in [-0.05, 0) is 31.5 Å². The lowest BCUT2D eigenvalue weighted by Gasteiger charge is -2.29. The largest absolute Gasteiger partial charge is 0.491 e. The van der Waals surface area contributed by atoms with E-state index in [2.05, 4.69) is 56.7 Å². The molecule has 0 bridgehead atoms. The lowest BCUT2D eigenvalue weighted by atomic mass is 10.1. The van der Waals surface area contributed by atoms with Gasteiger partial charge in [0.2, 0.25) is 0 Å². The van der Waals surface area contributed by atoms with Crippen molar-refractivity contribution < 1.29 is 14.2 Å². The van der Waals surface area contributed by atoms with E-state index in [1.54, 1.807) is 7.05 Å². The summed E-state index contributed by atoms with van der Waals surface area (Å²) in [7, 11) is 1.77. The van der Waals surface area contributed by atoms with Crippen LogP contribution >= 0.6 is 24.0 Å². The molecule has 0 unspecified atom stereocenters. The third-order valence-electron chi connectivity index (χ3n) is 5.21. The van der Waals surface area contributed by atoms with Crippen molar-refractivity contribution in [3.63, 3.8) is 0 Å². The van der Waals surface area contributed by atoms with E-state index in [4.69, 9.17) is 14.2 Å². The molecule has 0 radical (unpaired) electrons. The van der Waals surface area contributed by atoms with Crippen LogP contribution in [-0.4, -0.2) is 64.1 Å². The highest BCUT2D eigenvalue weighted by Crippen LogP contribution is 2.21. The van der Waals surface area contributed by atoms with Crippen molar-refractivity contribution in [1.82, 2.24) is 15.6 Å². The summed E-state index contributed by atoms with van der Waals surface area (Å²) in [6.45, 7) is 10.3. The van der Waals surface area contributed by atoms with Gasteiger partial charge in [-0.1, -0.05) is 18.2 Å². The minimum absolute atomic E-state index is 0. The van der Waals surface area contributed by atoms with Gasteiger partial charge in [0.15, 0.2) is 5.96 Å². The molecule has 33 heavy (non-hydrogen) atoms. The van der Waals surface area contributed by atoms with Crippen LogP contribution in [0.5, 0.6) is 5.75 Å². The summed E-state index contributed by atoms with van der Waals surface area (Å²) in [5, 5.41) is 6.80. The molecule has 2 heterocycles. The topological polar surface area (TPSA) is 80.2 Å². The zero-order valence-corrected chi connectivity index (χ0v) is 22.1. The number of halogens is 1. The molecule has 2 N–H and O–H groups in total. The molecule has 0 amide bonds. The normalized spacial score (nSPS) is 13.9. The van der Waals surface area contributed by atoms with Crippen LogP contribution < -0.4 is 20.3 Å². The fourth-order valence-electron chi connectivity index (χ4n) is 3.50. The van der Waals surface area contributed by atoms with Crippen molar-refractivity contribution in [3.05, 3.63) is 53.2 Å². The molecule has 3 rings (SSSR count). The van der Waals surface area contributed by atoms with E-state index >= 15 is 0 Å². The lowest BCUT2D eigenvalue weighted by Crippen LogP contribution is -2.39. The maximum absolute atomic E-state index is 5.95. The summed E-state index contributed by atoms with van der Waals surface area (Å²) in [6.07, 6.45) is 1.84. The number of hydrogen-bond donors (Lipinski definition) is 2. The second kappa shape index (κ2) is 14.9. The molecule has 1 saturated heterocycles. The minimum atomic E-state index is 0. The number of guanidine groups is 1. The van der Waals surface area contributed by atoms with Gasteiger partial charge in [-0.15, -0.1) is 24.0 Å². The van der Waals surface area contributed by atoms with Crippen LogP contribution in [0.15, 0.2) is 41.5 Å². The van der Waals surface area contributed by atoms with Crippen LogP contribution in [0.2, 0.25) is 0 Å². The molecule has 1 aliphatic heterocycles. The van der Waals surface area contributed by atoms with Crippen molar-refractivity contribution in [2.24, 2.45) is 4.99 Å². The molecule has 0 saturated carbocycles. The van der Waals surface area contributed by atoms with E-state index in [-0.39, 0.29) is 24.0 Å². The number of anilines is 1. The first-order chi connectivity index (χ1) is 15.7. The standard InChI is InChI=1S/C24H35N5O3.HI/c1-4-30-14-15-32-22-16-19(2)7-8-20(22)17-27-24(25-3)28-18-21-6-5-9-26-23(21)29-10-12-31-13-11-29;/h5-9,16H,4,10-15,17-18H2,1-3H3,(H2,25,27,28);1H. The van der Waals surface area contributed by atoms with Crippen LogP contribution in [0.1, 0.15) is 23.6 Å². The highest BCUT2D eigenvalue weighted by Gasteiger charge is 2.16. The maximum atomic E-state index is 5.95. The van der Waals surface area contributed by atoms with Crippen molar-refractivity contribution in [2.45, 2.75) is 26.9 Å². The molecule has 1 fully saturated rings. The summed E-state index contributed by atoms with van der Waals surface area (Å²) in [6, 6.07) is 10.3. The van der Waals surface area contributed by atoms with Crippen molar-refractivity contribution >= 4 is 35.8 Å². The predicted octanol–water partition coefficient (Wildman–Crippen LogP) is 3.13. The monoisotopic (exact) mass is 569 g/mol. The van der Waals surface area contributed by atoms with Gasteiger partial charge < -0.3 is 29.7 Å². The van der Waals surface area contributed by atoms with E-state index < -0.39 is 0 Å². The van der Waals surface area contributed by atoms with E-state index in [0.29, 0.717) is 32.9 Å². The highest BCUT2D eigenvalue weighted by molar-refractivity contribution is 14.0. The smallest absolute Gasteiger partial charge is 0.191 e. The molecular weight excluding hydrogens is 533 g/mol. The molecule has 0 atom stereocenters. The molecule has 182 valence electrons. The van der Waals surface area contributed by atoms with E-state index in [1.807, 2.05) is 19.2 Å². The van der Waals surface area contributed by atoms with Crippen LogP contribution in [0.25, 0.3) is 0 Å². The minimum Gasteiger partial charge on any atom is -0.491 e. The van der Waals surface area contributed by atoms with Gasteiger partial charge in [0, 0.05) is 57.2 Å². The predicted molar refractivity (Wildman–Crippen MR) is 143 cm³/mol. The molecular formula is C24H36IN5O3. The lowest BCUT2D eigenvalue weighted by molar-refractivity contribution is 0.110. The number of pyridine rings is 1. The fraction of sp³-hybridized carbons (Fsp3) is 0.500. The SMILES string of the molecule is CCOCCOc1cc(C)ccc1CNC(=NC)NCc1cccnc1N1CCOCC1.I. The molecule has 1 aromatic carbocycles. The number of benzene rings is 1. The first kappa shape index (κ1) is 27.1. The van der Waals surface area contributed by atoms with Crippen LogP contribution in [0.3, 0.4) is 0 Å². The van der Waals surface area contributed by atoms with Gasteiger partial charge >= 0.3 is 0 Å². The number of ether oxygens (including phenoxy) is 3. The zero-order valence-electron chi connectivity index (χ0n) is 19.8. The average Bonchev–Trinajstić information content (AvgIpc) is 2.83. The summed E-state index contributed by atoms with van der Waals surface area (Å²) >= 11 is 0. The Bertz CT molecular complexity index is 875. The molecule has 0 aliphatic carbocycles. The molecule has 1 aliphatic rings. The number of nitrogens with one attached hydrogen (secondary N) is 2. The van der Waals surface area contributed by atoms with Crippen molar-refractivity contribution in [2.75, 3.05) is 58.1 Å². The molecule has 9 heteroatoms. The Kier molecular flexibility index (Phi) is 12.3. The van der Waals surface area contributed by atoms with Gasteiger partial charge in [0.1, 0.15) is 18.2 Å². The van der Waals surface area contributed by atoms with E-state index in [0.717, 1.165) is 60.5 Å². The third-order valence-corrected chi connectivity index (χ3v) is 5.21. The van der Waals surface area contributed by atoms with E-state index in [9.17, 15) is 0 Å². The van der Waals surface area contributed by atoms with E-state index in [1.165, 1.54) is 0 Å². The van der Waals surface area contributed by atoms with Gasteiger partial charge in [-0.25, -0.2) is 4.98 Å². The summed E-state index contributed by atoms with van der Waals surface area (Å²) in [4.78, 5) is 11.3. The number of morpholine rings is 1. The Morgan fingerprint density at radius 2 is 1.88 bits per heavy atom. The van der Waals surface area contributed by atoms with Gasteiger partial charge in [-0.3, -0.25) is 4.99 Å². The highest BCUT2D eigenvalue weighted by atomic mass is 127. The Morgan fingerprint density at radius 1 is 1.12 bits per heavy atom. The number of aromatic nitrogens is 1. The Morgan fingerprint density at radius 3 is 2.61 bits per heavy atom. The molecule has 2 aromatic rings. The Balaban J connectivity index is 0.00000385. The summed E-state index contributed by atoms with van der Waals surface area (Å²) in [5.74, 6) is 2.60. The second-order valence-electron chi connectivity index (χ2n) is 7.52. The Hall–Kier alpha value is -2.11. The number of aliphatic imine (C=N–C) groups is 1. The maximum Gasteiger partial charge on any atom is 0.191 e. The van der Waals surface area contributed by atoms with Gasteiger partial charge in [-0.2, -0.15) is 0 Å². The number of nitrogens with zero attached hydrogens (tertiary/aromatic N) is 3. The molecule has 8 nitrogen and oxygen atoms in total. The summed E-state index contributed by atoms with van der Waals surface area (Å²) < 4.78 is 16.8. The van der Waals surface area contributed by atoms with Crippen molar-refractivity contribution in [1.29, 1.82) is 0 Å². The van der Waals surface area contributed by atoms with Crippen LogP contribution in [0, 0.1) is 6.92 Å². The first-order valence-corrected chi connectivity index (χ1v) is 11.2. The van der Waals surface area contributed by atoms with Crippen molar-refractivity contribution in [3.8, 4) is 5.75 Å². The van der Waals surface area contributed by atoms with Crippen LogP contribution in [-0.2, 0) is 22.6 Å². The zero-order chi connectivity index (χ0) is 22.6. The van der Waals surface area contributed by atoms with Gasteiger partial charge in [0.25, 0.3) is 0 Å².